The van der Waals surface area contributed by atoms with Crippen LogP contribution in [0.5, 0.6) is 0 Å². The van der Waals surface area contributed by atoms with Gasteiger partial charge in [0.15, 0.2) is 0 Å². The van der Waals surface area contributed by atoms with Crippen LogP contribution in [-0.4, -0.2) is 44.0 Å². The summed E-state index contributed by atoms with van der Waals surface area (Å²) in [6, 6.07) is 15.2. The van der Waals surface area contributed by atoms with Crippen LogP contribution in [0.2, 0.25) is 0 Å². The van der Waals surface area contributed by atoms with Crippen molar-refractivity contribution >= 4 is 33.7 Å². The van der Waals surface area contributed by atoms with Crippen LogP contribution in [0.1, 0.15) is 72.0 Å². The number of aromatic carboxylic acids is 1. The van der Waals surface area contributed by atoms with Gasteiger partial charge in [0.1, 0.15) is 0 Å². The second-order valence-electron chi connectivity index (χ2n) is 8.98. The summed E-state index contributed by atoms with van der Waals surface area (Å²) in [4.78, 5) is 32.3. The summed E-state index contributed by atoms with van der Waals surface area (Å²) in [5, 5.41) is 11.8. The maximum atomic E-state index is 14.1. The molecule has 3 heterocycles. The minimum absolute atomic E-state index is 0.159. The van der Waals surface area contributed by atoms with Gasteiger partial charge >= 0.3 is 5.97 Å². The molecule has 1 saturated heterocycles. The normalized spacial score (nSPS) is 18.1. The number of H-pyrrole nitrogens is 1. The van der Waals surface area contributed by atoms with Gasteiger partial charge in [0.25, 0.3) is 5.91 Å². The Labute approximate surface area is 192 Å². The molecule has 2 atom stereocenters. The largest absolute Gasteiger partial charge is 0.478 e. The number of benzene rings is 2. The Morgan fingerprint density at radius 2 is 1.82 bits per heavy atom. The van der Waals surface area contributed by atoms with E-state index in [-0.39, 0.29) is 17.5 Å². The quantitative estimate of drug-likeness (QED) is 0.406. The predicted molar refractivity (Wildman–Crippen MR) is 130 cm³/mol. The van der Waals surface area contributed by atoms with Crippen molar-refractivity contribution in [2.45, 2.75) is 51.6 Å². The highest BCUT2D eigenvalue weighted by Gasteiger charge is 2.35. The Bertz CT molecular complexity index is 1350. The van der Waals surface area contributed by atoms with Crippen molar-refractivity contribution in [3.05, 3.63) is 71.5 Å². The number of rotatable bonds is 5. The van der Waals surface area contributed by atoms with E-state index < -0.39 is 5.97 Å². The van der Waals surface area contributed by atoms with Crippen molar-refractivity contribution < 1.29 is 14.7 Å². The third-order valence-corrected chi connectivity index (χ3v) is 7.10. The first-order chi connectivity index (χ1) is 16.0. The molecule has 0 aliphatic carbocycles. The first-order valence-corrected chi connectivity index (χ1v) is 11.8. The topological polar surface area (TPSA) is 78.3 Å². The molecule has 170 valence electrons. The van der Waals surface area contributed by atoms with Crippen molar-refractivity contribution in [2.24, 2.45) is 0 Å². The van der Waals surface area contributed by atoms with E-state index in [1.54, 1.807) is 10.8 Å². The Morgan fingerprint density at radius 3 is 2.55 bits per heavy atom. The fourth-order valence-electron chi connectivity index (χ4n) is 5.56. The van der Waals surface area contributed by atoms with Gasteiger partial charge in [-0.1, -0.05) is 49.7 Å². The molecule has 1 fully saturated rings. The molecule has 33 heavy (non-hydrogen) atoms. The number of carboxylic acid groups (broad SMARTS) is 1. The molecule has 6 heteroatoms. The van der Waals surface area contributed by atoms with E-state index in [0.29, 0.717) is 28.2 Å². The summed E-state index contributed by atoms with van der Waals surface area (Å²) in [5.41, 5.74) is 2.90. The summed E-state index contributed by atoms with van der Waals surface area (Å²) < 4.78 is 1.67. The van der Waals surface area contributed by atoms with Gasteiger partial charge in [-0.25, -0.2) is 4.79 Å². The number of carboxylic acids is 1. The van der Waals surface area contributed by atoms with Crippen LogP contribution >= 0.6 is 0 Å². The first-order valence-electron chi connectivity index (χ1n) is 11.8. The third kappa shape index (κ3) is 3.45. The fourth-order valence-corrected chi connectivity index (χ4v) is 5.56. The van der Waals surface area contributed by atoms with Crippen LogP contribution < -0.4 is 0 Å². The maximum Gasteiger partial charge on any atom is 0.338 e. The number of hydrogen-bond donors (Lipinski definition) is 2. The molecular formula is C27H29N3O3. The Balaban J connectivity index is 1.79. The van der Waals surface area contributed by atoms with E-state index in [1.165, 1.54) is 6.42 Å². The molecule has 6 nitrogen and oxygen atoms in total. The number of carbonyl (C=O) groups excluding carboxylic acids is 1. The van der Waals surface area contributed by atoms with E-state index in [1.807, 2.05) is 48.5 Å². The number of aromatic amines is 1. The molecule has 0 amide bonds. The van der Waals surface area contributed by atoms with Crippen molar-refractivity contribution in [1.29, 1.82) is 0 Å². The highest BCUT2D eigenvalue weighted by Crippen LogP contribution is 2.38. The number of hydrogen-bond acceptors (Lipinski definition) is 3. The second kappa shape index (κ2) is 8.52. The van der Waals surface area contributed by atoms with Crippen molar-refractivity contribution in [2.75, 3.05) is 6.54 Å². The Morgan fingerprint density at radius 1 is 1.09 bits per heavy atom. The molecule has 2 N–H and O–H groups in total. The number of nitrogens with zero attached hydrogens (tertiary/aromatic N) is 2. The lowest BCUT2D eigenvalue weighted by molar-refractivity contribution is 0.0682. The zero-order valence-corrected chi connectivity index (χ0v) is 19.0. The number of aromatic nitrogens is 2. The molecule has 2 aromatic carbocycles. The number of nitrogens with one attached hydrogen (secondary N) is 1. The predicted octanol–water partition coefficient (Wildman–Crippen LogP) is 5.83. The van der Waals surface area contributed by atoms with Gasteiger partial charge in [-0.3, -0.25) is 14.3 Å². The molecule has 0 spiro atoms. The Hall–Kier alpha value is -3.38. The molecule has 0 radical (unpaired) electrons. The van der Waals surface area contributed by atoms with E-state index in [0.717, 1.165) is 36.7 Å². The summed E-state index contributed by atoms with van der Waals surface area (Å²) in [5.74, 6) is -1.19. The number of likely N-dealkylation sites (tertiary alicyclic amines) is 1. The molecule has 1 aliphatic heterocycles. The second-order valence-corrected chi connectivity index (χ2v) is 8.98. The fraction of sp³-hybridized carbons (Fsp3) is 0.333. The summed E-state index contributed by atoms with van der Waals surface area (Å²) in [6.07, 6.45) is 5.80. The van der Waals surface area contributed by atoms with Crippen LogP contribution in [0.4, 0.5) is 0 Å². The number of carbonyl (C=O) groups is 2. The SMILES string of the molecule is CCC(c1c(C(=O)O)c2ccccc2n1C(=O)c1c[nH]c2ccccc12)N1CCCCC1C. The van der Waals surface area contributed by atoms with Crippen LogP contribution in [0.25, 0.3) is 21.8 Å². The number of fused-ring (bicyclic) bond motifs is 2. The van der Waals surface area contributed by atoms with Crippen LogP contribution in [0.15, 0.2) is 54.7 Å². The summed E-state index contributed by atoms with van der Waals surface area (Å²) in [6.45, 7) is 5.19. The molecule has 0 saturated carbocycles. The van der Waals surface area contributed by atoms with Gasteiger partial charge in [-0.2, -0.15) is 0 Å². The van der Waals surface area contributed by atoms with Gasteiger partial charge in [-0.05, 0) is 44.9 Å². The van der Waals surface area contributed by atoms with Crippen molar-refractivity contribution in [3.8, 4) is 0 Å². The van der Waals surface area contributed by atoms with Crippen LogP contribution in [-0.2, 0) is 0 Å². The molecule has 1 aliphatic rings. The van der Waals surface area contributed by atoms with Crippen molar-refractivity contribution in [1.82, 2.24) is 14.5 Å². The lowest BCUT2D eigenvalue weighted by atomic mass is 9.96. The minimum Gasteiger partial charge on any atom is -0.478 e. The lowest BCUT2D eigenvalue weighted by Gasteiger charge is -2.40. The molecule has 2 aromatic heterocycles. The molecular weight excluding hydrogens is 414 g/mol. The van der Waals surface area contributed by atoms with E-state index in [9.17, 15) is 14.7 Å². The minimum atomic E-state index is -0.991. The standard InChI is InChI=1S/C27H29N3O3/c1-3-22(29-15-9-8-10-17(29)2)25-24(27(32)33)19-12-5-7-14-23(19)30(25)26(31)20-16-28-21-13-6-4-11-18(20)21/h4-7,11-14,16-17,22,28H,3,8-10,15H2,1-2H3,(H,32,33). The molecule has 0 bridgehead atoms. The highest BCUT2D eigenvalue weighted by molar-refractivity contribution is 6.14. The molecule has 5 rings (SSSR count). The number of piperidine rings is 1. The molecule has 4 aromatic rings. The van der Waals surface area contributed by atoms with Crippen LogP contribution in [0.3, 0.4) is 0 Å². The zero-order valence-electron chi connectivity index (χ0n) is 19.0. The van der Waals surface area contributed by atoms with Gasteiger partial charge < -0.3 is 10.1 Å². The van der Waals surface area contributed by atoms with Gasteiger partial charge in [-0.15, -0.1) is 0 Å². The average Bonchev–Trinajstić information content (AvgIpc) is 3.40. The number of para-hydroxylation sites is 2. The monoisotopic (exact) mass is 443 g/mol. The highest BCUT2D eigenvalue weighted by atomic mass is 16.4. The van der Waals surface area contributed by atoms with Crippen molar-refractivity contribution in [3.63, 3.8) is 0 Å². The molecule has 2 unspecified atom stereocenters. The van der Waals surface area contributed by atoms with E-state index >= 15 is 0 Å². The zero-order chi connectivity index (χ0) is 23.1. The van der Waals surface area contributed by atoms with E-state index in [2.05, 4.69) is 23.7 Å². The summed E-state index contributed by atoms with van der Waals surface area (Å²) in [7, 11) is 0. The van der Waals surface area contributed by atoms with Gasteiger partial charge in [0.2, 0.25) is 0 Å². The average molecular weight is 444 g/mol. The van der Waals surface area contributed by atoms with Gasteiger partial charge in [0.05, 0.1) is 28.4 Å². The maximum absolute atomic E-state index is 14.1. The Kier molecular flexibility index (Phi) is 5.54. The smallest absolute Gasteiger partial charge is 0.338 e. The van der Waals surface area contributed by atoms with E-state index in [4.69, 9.17) is 0 Å². The summed E-state index contributed by atoms with van der Waals surface area (Å²) >= 11 is 0. The van der Waals surface area contributed by atoms with Gasteiger partial charge in [0, 0.05) is 28.5 Å². The first kappa shape index (κ1) is 21.5. The lowest BCUT2D eigenvalue weighted by Crippen LogP contribution is -2.41. The van der Waals surface area contributed by atoms with Crippen LogP contribution in [0, 0.1) is 0 Å². The third-order valence-electron chi connectivity index (χ3n) is 7.10.